The summed E-state index contributed by atoms with van der Waals surface area (Å²) in [6, 6.07) is 17.4. The lowest BCUT2D eigenvalue weighted by atomic mass is 9.97. The van der Waals surface area contributed by atoms with E-state index in [-0.39, 0.29) is 27.4 Å². The molecular formula is C23H20FNO4S. The van der Waals surface area contributed by atoms with E-state index < -0.39 is 27.6 Å². The lowest BCUT2D eigenvalue weighted by Crippen LogP contribution is -2.28. The normalized spacial score (nSPS) is 12.2. The van der Waals surface area contributed by atoms with Gasteiger partial charge < -0.3 is 5.32 Å². The molecule has 0 aliphatic rings. The summed E-state index contributed by atoms with van der Waals surface area (Å²) in [6.07, 6.45) is 1.13. The van der Waals surface area contributed by atoms with Crippen LogP contribution in [0.4, 0.5) is 4.39 Å². The molecule has 0 spiro atoms. The minimum Gasteiger partial charge on any atom is -0.345 e. The van der Waals surface area contributed by atoms with Gasteiger partial charge in [0.05, 0.1) is 16.5 Å². The summed E-state index contributed by atoms with van der Waals surface area (Å²) in [5.41, 5.74) is 1.41. The average molecular weight is 425 g/mol. The van der Waals surface area contributed by atoms with Gasteiger partial charge in [0.2, 0.25) is 0 Å². The summed E-state index contributed by atoms with van der Waals surface area (Å²) < 4.78 is 36.3. The number of carbonyl (C=O) groups excluding carboxylic acids is 2. The monoisotopic (exact) mass is 425 g/mol. The molecule has 0 saturated carbocycles. The molecule has 3 aromatic carbocycles. The number of rotatable bonds is 6. The fraction of sp³-hybridized carbons (Fsp3) is 0.130. The highest BCUT2D eigenvalue weighted by molar-refractivity contribution is 7.90. The molecule has 1 N–H and O–H groups in total. The number of hydrogen-bond acceptors (Lipinski definition) is 4. The Morgan fingerprint density at radius 1 is 0.867 bits per heavy atom. The Hall–Kier alpha value is -3.32. The molecule has 154 valence electrons. The molecule has 1 unspecified atom stereocenters. The van der Waals surface area contributed by atoms with E-state index in [1.54, 1.807) is 43.3 Å². The van der Waals surface area contributed by atoms with Crippen LogP contribution in [0.15, 0.2) is 77.7 Å². The number of sulfone groups is 1. The van der Waals surface area contributed by atoms with Crippen molar-refractivity contribution in [3.8, 4) is 0 Å². The van der Waals surface area contributed by atoms with E-state index in [9.17, 15) is 22.4 Å². The molecular weight excluding hydrogens is 405 g/mol. The smallest absolute Gasteiger partial charge is 0.252 e. The predicted octanol–water partition coefficient (Wildman–Crippen LogP) is 3.95. The Kier molecular flexibility index (Phi) is 6.12. The predicted molar refractivity (Wildman–Crippen MR) is 112 cm³/mol. The van der Waals surface area contributed by atoms with E-state index in [1.165, 1.54) is 36.4 Å². The Bertz CT molecular complexity index is 1190. The molecule has 0 heterocycles. The fourth-order valence-electron chi connectivity index (χ4n) is 3.00. The molecule has 1 amide bonds. The van der Waals surface area contributed by atoms with E-state index >= 15 is 0 Å². The Labute approximate surface area is 174 Å². The maximum absolute atomic E-state index is 13.1. The highest BCUT2D eigenvalue weighted by atomic mass is 32.2. The van der Waals surface area contributed by atoms with Gasteiger partial charge in [-0.15, -0.1) is 0 Å². The number of carbonyl (C=O) groups is 2. The molecule has 7 heteroatoms. The molecule has 0 fully saturated rings. The Morgan fingerprint density at radius 2 is 1.43 bits per heavy atom. The number of benzene rings is 3. The van der Waals surface area contributed by atoms with E-state index in [0.29, 0.717) is 0 Å². The van der Waals surface area contributed by atoms with Crippen molar-refractivity contribution < 1.29 is 22.4 Å². The topological polar surface area (TPSA) is 80.3 Å². The van der Waals surface area contributed by atoms with Crippen LogP contribution in [0.2, 0.25) is 0 Å². The quantitative estimate of drug-likeness (QED) is 0.607. The van der Waals surface area contributed by atoms with Gasteiger partial charge in [0.15, 0.2) is 15.6 Å². The van der Waals surface area contributed by atoms with Gasteiger partial charge in [0.1, 0.15) is 5.82 Å². The Balaban J connectivity index is 1.82. The third-order valence-corrected chi connectivity index (χ3v) is 5.81. The molecule has 3 aromatic rings. The van der Waals surface area contributed by atoms with Crippen molar-refractivity contribution in [2.75, 3.05) is 6.26 Å². The van der Waals surface area contributed by atoms with E-state index in [1.807, 2.05) is 0 Å². The third-order valence-electron chi connectivity index (χ3n) is 4.68. The van der Waals surface area contributed by atoms with Crippen molar-refractivity contribution in [2.45, 2.75) is 17.9 Å². The molecule has 0 saturated heterocycles. The second-order valence-electron chi connectivity index (χ2n) is 6.92. The van der Waals surface area contributed by atoms with Gasteiger partial charge in [0, 0.05) is 17.4 Å². The minimum absolute atomic E-state index is 0.194. The zero-order chi connectivity index (χ0) is 21.9. The zero-order valence-corrected chi connectivity index (χ0v) is 17.2. The van der Waals surface area contributed by atoms with Crippen molar-refractivity contribution in [3.05, 3.63) is 101 Å². The minimum atomic E-state index is -3.30. The van der Waals surface area contributed by atoms with E-state index in [4.69, 9.17) is 0 Å². The highest BCUT2D eigenvalue weighted by Crippen LogP contribution is 2.19. The van der Waals surface area contributed by atoms with Crippen LogP contribution in [-0.2, 0) is 9.84 Å². The lowest BCUT2D eigenvalue weighted by Gasteiger charge is -2.16. The number of amides is 1. The molecule has 0 aliphatic carbocycles. The molecule has 3 rings (SSSR count). The number of halogens is 1. The maximum atomic E-state index is 13.1. The molecule has 5 nitrogen and oxygen atoms in total. The van der Waals surface area contributed by atoms with Gasteiger partial charge in [-0.3, -0.25) is 9.59 Å². The van der Waals surface area contributed by atoms with Crippen molar-refractivity contribution in [2.24, 2.45) is 0 Å². The van der Waals surface area contributed by atoms with Crippen LogP contribution < -0.4 is 5.32 Å². The summed E-state index contributed by atoms with van der Waals surface area (Å²) in [4.78, 5) is 25.9. The van der Waals surface area contributed by atoms with Crippen molar-refractivity contribution in [1.82, 2.24) is 5.32 Å². The van der Waals surface area contributed by atoms with E-state index in [2.05, 4.69) is 5.32 Å². The number of nitrogens with one attached hydrogen (secondary N) is 1. The first-order valence-corrected chi connectivity index (χ1v) is 11.1. The van der Waals surface area contributed by atoms with Crippen molar-refractivity contribution in [1.29, 1.82) is 0 Å². The first-order chi connectivity index (χ1) is 14.2. The number of ketones is 1. The summed E-state index contributed by atoms with van der Waals surface area (Å²) in [6.45, 7) is 1.76. The van der Waals surface area contributed by atoms with Crippen molar-refractivity contribution >= 4 is 21.5 Å². The van der Waals surface area contributed by atoms with Crippen LogP contribution in [-0.4, -0.2) is 26.4 Å². The molecule has 0 aliphatic heterocycles. The summed E-state index contributed by atoms with van der Waals surface area (Å²) in [5, 5.41) is 2.83. The molecule has 1 atom stereocenters. The summed E-state index contributed by atoms with van der Waals surface area (Å²) in [5.74, 6) is -1.28. The van der Waals surface area contributed by atoms with Gasteiger partial charge in [-0.1, -0.05) is 30.3 Å². The molecule has 0 radical (unpaired) electrons. The van der Waals surface area contributed by atoms with Gasteiger partial charge in [-0.2, -0.15) is 0 Å². The number of hydrogen-bond donors (Lipinski definition) is 1. The van der Waals surface area contributed by atoms with Crippen molar-refractivity contribution in [3.63, 3.8) is 0 Å². The van der Waals surface area contributed by atoms with Crippen LogP contribution in [0.1, 0.15) is 44.8 Å². The largest absolute Gasteiger partial charge is 0.345 e. The van der Waals surface area contributed by atoms with Crippen LogP contribution in [0.25, 0.3) is 0 Å². The van der Waals surface area contributed by atoms with E-state index in [0.717, 1.165) is 11.8 Å². The maximum Gasteiger partial charge on any atom is 0.252 e. The van der Waals surface area contributed by atoms with Crippen LogP contribution >= 0.6 is 0 Å². The highest BCUT2D eigenvalue weighted by Gasteiger charge is 2.20. The Morgan fingerprint density at radius 3 is 2.00 bits per heavy atom. The zero-order valence-electron chi connectivity index (χ0n) is 16.4. The van der Waals surface area contributed by atoms with Gasteiger partial charge in [-0.05, 0) is 55.0 Å². The molecule has 0 bridgehead atoms. The first kappa shape index (κ1) is 21.4. The van der Waals surface area contributed by atoms with Crippen LogP contribution in [0.5, 0.6) is 0 Å². The van der Waals surface area contributed by atoms with Gasteiger partial charge >= 0.3 is 0 Å². The lowest BCUT2D eigenvalue weighted by molar-refractivity contribution is 0.0929. The van der Waals surface area contributed by atoms with Gasteiger partial charge in [0.25, 0.3) is 5.91 Å². The third kappa shape index (κ3) is 4.80. The molecule has 0 aromatic heterocycles. The standard InChI is InChI=1S/C23H20FNO4S/c1-15(16-9-13-19(14-10-16)30(2,28)29)25-23(27)21-6-4-3-5-20(21)22(26)17-7-11-18(24)12-8-17/h3-15H,1-2H3,(H,25,27). The van der Waals surface area contributed by atoms with Crippen LogP contribution in [0, 0.1) is 5.82 Å². The summed E-state index contributed by atoms with van der Waals surface area (Å²) >= 11 is 0. The summed E-state index contributed by atoms with van der Waals surface area (Å²) in [7, 11) is -3.30. The molecule has 30 heavy (non-hydrogen) atoms. The first-order valence-electron chi connectivity index (χ1n) is 9.17. The average Bonchev–Trinajstić information content (AvgIpc) is 2.73. The second kappa shape index (κ2) is 8.59. The second-order valence-corrected chi connectivity index (χ2v) is 8.93. The SMILES string of the molecule is CC(NC(=O)c1ccccc1C(=O)c1ccc(F)cc1)c1ccc(S(C)(=O)=O)cc1. The fourth-order valence-corrected chi connectivity index (χ4v) is 3.63. The van der Waals surface area contributed by atoms with Gasteiger partial charge in [-0.25, -0.2) is 12.8 Å². The van der Waals surface area contributed by atoms with Crippen LogP contribution in [0.3, 0.4) is 0 Å².